The van der Waals surface area contributed by atoms with Crippen molar-refractivity contribution in [3.63, 3.8) is 0 Å². The Balaban J connectivity index is 3.02. The molecule has 1 nitrogen and oxygen atoms in total. The van der Waals surface area contributed by atoms with Crippen LogP contribution in [-0.2, 0) is 0 Å². The number of aromatic hydroxyl groups is 1. The number of benzene rings is 1. The number of phenols is 1. The van der Waals surface area contributed by atoms with Crippen molar-refractivity contribution in [1.29, 1.82) is 0 Å². The molecule has 90 valence electrons. The Bertz CT molecular complexity index is 355. The van der Waals surface area contributed by atoms with E-state index >= 15 is 0 Å². The first-order valence-corrected chi connectivity index (χ1v) is 4.04. The monoisotopic (exact) mass is 244 g/mol. The standard InChI is InChI=1S/C9H6F6O/c10-7(8(11,12)9(13,14)15)5-1-3-6(16)4-2-5/h1-4,7,16H. The molecule has 1 atom stereocenters. The van der Waals surface area contributed by atoms with Crippen LogP contribution in [0.3, 0.4) is 0 Å². The molecule has 0 saturated carbocycles. The first-order chi connectivity index (χ1) is 7.16. The zero-order valence-corrected chi connectivity index (χ0v) is 7.60. The molecule has 0 fully saturated rings. The van der Waals surface area contributed by atoms with Crippen molar-refractivity contribution in [2.75, 3.05) is 0 Å². The van der Waals surface area contributed by atoms with Crippen molar-refractivity contribution in [3.8, 4) is 5.75 Å². The van der Waals surface area contributed by atoms with E-state index in [-0.39, 0.29) is 5.75 Å². The van der Waals surface area contributed by atoms with Gasteiger partial charge in [0.25, 0.3) is 0 Å². The summed E-state index contributed by atoms with van der Waals surface area (Å²) in [5, 5.41) is 8.77. The minimum Gasteiger partial charge on any atom is -0.508 e. The van der Waals surface area contributed by atoms with E-state index in [1.165, 1.54) is 0 Å². The third kappa shape index (κ3) is 2.23. The van der Waals surface area contributed by atoms with E-state index in [1.54, 1.807) is 0 Å². The van der Waals surface area contributed by atoms with Gasteiger partial charge in [-0.25, -0.2) is 4.39 Å². The summed E-state index contributed by atoms with van der Waals surface area (Å²) in [6, 6.07) is 2.99. The molecule has 0 aliphatic carbocycles. The van der Waals surface area contributed by atoms with Crippen molar-refractivity contribution in [3.05, 3.63) is 29.8 Å². The molecule has 1 aromatic carbocycles. The van der Waals surface area contributed by atoms with E-state index in [2.05, 4.69) is 0 Å². The Morgan fingerprint density at radius 3 is 1.75 bits per heavy atom. The lowest BCUT2D eigenvalue weighted by Crippen LogP contribution is -2.40. The molecule has 7 heteroatoms. The summed E-state index contributed by atoms with van der Waals surface area (Å²) in [5.41, 5.74) is -0.847. The first kappa shape index (κ1) is 12.7. The molecule has 0 saturated heterocycles. The molecule has 1 unspecified atom stereocenters. The van der Waals surface area contributed by atoms with Crippen LogP contribution in [0.25, 0.3) is 0 Å². The number of hydrogen-bond acceptors (Lipinski definition) is 1. The maximum atomic E-state index is 13.0. The summed E-state index contributed by atoms with van der Waals surface area (Å²) in [5.74, 6) is -5.81. The second-order valence-corrected chi connectivity index (χ2v) is 3.07. The Morgan fingerprint density at radius 2 is 1.38 bits per heavy atom. The summed E-state index contributed by atoms with van der Waals surface area (Å²) in [4.78, 5) is 0. The molecule has 0 aliphatic rings. The van der Waals surface area contributed by atoms with Gasteiger partial charge in [-0.3, -0.25) is 0 Å². The van der Waals surface area contributed by atoms with Crippen molar-refractivity contribution in [2.45, 2.75) is 18.3 Å². The fourth-order valence-electron chi connectivity index (χ4n) is 0.996. The molecule has 0 spiro atoms. The minimum absolute atomic E-state index is 0.355. The Hall–Kier alpha value is -1.40. The van der Waals surface area contributed by atoms with E-state index < -0.39 is 23.8 Å². The smallest absolute Gasteiger partial charge is 0.456 e. The van der Waals surface area contributed by atoms with E-state index in [9.17, 15) is 26.3 Å². The van der Waals surface area contributed by atoms with E-state index in [0.29, 0.717) is 12.1 Å². The molecule has 1 rings (SSSR count). The van der Waals surface area contributed by atoms with Crippen molar-refractivity contribution in [1.82, 2.24) is 0 Å². The van der Waals surface area contributed by atoms with Gasteiger partial charge in [-0.1, -0.05) is 12.1 Å². The molecule has 1 N–H and O–H groups in total. The zero-order chi connectivity index (χ0) is 12.6. The van der Waals surface area contributed by atoms with Crippen LogP contribution < -0.4 is 0 Å². The van der Waals surface area contributed by atoms with E-state index in [1.807, 2.05) is 0 Å². The predicted octanol–water partition coefficient (Wildman–Crippen LogP) is 3.60. The van der Waals surface area contributed by atoms with Gasteiger partial charge in [0.1, 0.15) is 5.75 Å². The summed E-state index contributed by atoms with van der Waals surface area (Å²) < 4.78 is 73.5. The lowest BCUT2D eigenvalue weighted by molar-refractivity contribution is -0.305. The maximum absolute atomic E-state index is 13.0. The van der Waals surface area contributed by atoms with Crippen LogP contribution in [0.1, 0.15) is 11.7 Å². The number of rotatable bonds is 2. The molecule has 1 aromatic rings. The van der Waals surface area contributed by atoms with Gasteiger partial charge in [0.15, 0.2) is 6.17 Å². The largest absolute Gasteiger partial charge is 0.508 e. The van der Waals surface area contributed by atoms with Crippen molar-refractivity contribution < 1.29 is 31.4 Å². The van der Waals surface area contributed by atoms with Crippen LogP contribution in [0.4, 0.5) is 26.3 Å². The second-order valence-electron chi connectivity index (χ2n) is 3.07. The molecule has 0 radical (unpaired) electrons. The molecular formula is C9H6F6O. The zero-order valence-electron chi connectivity index (χ0n) is 7.60. The first-order valence-electron chi connectivity index (χ1n) is 4.04. The highest BCUT2D eigenvalue weighted by Crippen LogP contribution is 2.46. The van der Waals surface area contributed by atoms with Gasteiger partial charge in [0.2, 0.25) is 0 Å². The van der Waals surface area contributed by atoms with Crippen LogP contribution in [0.5, 0.6) is 5.75 Å². The molecule has 0 amide bonds. The predicted molar refractivity (Wildman–Crippen MR) is 43.0 cm³/mol. The maximum Gasteiger partial charge on any atom is 0.456 e. The Labute approximate surface area is 86.3 Å². The van der Waals surface area contributed by atoms with Crippen LogP contribution in [0.2, 0.25) is 0 Å². The number of alkyl halides is 6. The molecule has 0 aliphatic heterocycles. The Kier molecular flexibility index (Phi) is 3.07. The number of hydrogen-bond donors (Lipinski definition) is 1. The normalized spacial score (nSPS) is 14.9. The summed E-state index contributed by atoms with van der Waals surface area (Å²) in [6.45, 7) is 0. The van der Waals surface area contributed by atoms with E-state index in [0.717, 1.165) is 12.1 Å². The van der Waals surface area contributed by atoms with Gasteiger partial charge in [-0.2, -0.15) is 22.0 Å². The van der Waals surface area contributed by atoms with Crippen LogP contribution in [-0.4, -0.2) is 17.2 Å². The third-order valence-corrected chi connectivity index (χ3v) is 1.88. The van der Waals surface area contributed by atoms with Crippen molar-refractivity contribution in [2.24, 2.45) is 0 Å². The highest BCUT2D eigenvalue weighted by atomic mass is 19.4. The summed E-state index contributed by atoms with van der Waals surface area (Å²) >= 11 is 0. The average molecular weight is 244 g/mol. The lowest BCUT2D eigenvalue weighted by atomic mass is 10.0. The molecule has 0 aromatic heterocycles. The lowest BCUT2D eigenvalue weighted by Gasteiger charge is -2.23. The molecule has 0 heterocycles. The van der Waals surface area contributed by atoms with Crippen LogP contribution >= 0.6 is 0 Å². The number of halogens is 6. The highest BCUT2D eigenvalue weighted by molar-refractivity contribution is 5.28. The van der Waals surface area contributed by atoms with Gasteiger partial charge in [-0.05, 0) is 17.7 Å². The van der Waals surface area contributed by atoms with Crippen LogP contribution in [0.15, 0.2) is 24.3 Å². The van der Waals surface area contributed by atoms with Crippen molar-refractivity contribution >= 4 is 0 Å². The van der Waals surface area contributed by atoms with Gasteiger partial charge < -0.3 is 5.11 Å². The molecule has 16 heavy (non-hydrogen) atoms. The average Bonchev–Trinajstić information content (AvgIpc) is 2.16. The van der Waals surface area contributed by atoms with Crippen LogP contribution in [0, 0.1) is 0 Å². The Morgan fingerprint density at radius 1 is 0.938 bits per heavy atom. The molecular weight excluding hydrogens is 238 g/mol. The SMILES string of the molecule is Oc1ccc(C(F)C(F)(F)C(F)(F)F)cc1. The van der Waals surface area contributed by atoms with Gasteiger partial charge >= 0.3 is 12.1 Å². The topological polar surface area (TPSA) is 20.2 Å². The van der Waals surface area contributed by atoms with Gasteiger partial charge in [-0.15, -0.1) is 0 Å². The summed E-state index contributed by atoms with van der Waals surface area (Å²) in [7, 11) is 0. The van der Waals surface area contributed by atoms with Gasteiger partial charge in [0.05, 0.1) is 0 Å². The van der Waals surface area contributed by atoms with Gasteiger partial charge in [0, 0.05) is 0 Å². The van der Waals surface area contributed by atoms with E-state index in [4.69, 9.17) is 5.11 Å². The third-order valence-electron chi connectivity index (χ3n) is 1.88. The highest BCUT2D eigenvalue weighted by Gasteiger charge is 2.63. The molecule has 0 bridgehead atoms. The quantitative estimate of drug-likeness (QED) is 0.788. The number of phenolic OH excluding ortho intramolecular Hbond substituents is 1. The fraction of sp³-hybridized carbons (Fsp3) is 0.333. The fourth-order valence-corrected chi connectivity index (χ4v) is 0.996. The summed E-state index contributed by atoms with van der Waals surface area (Å²) in [6.07, 6.45) is -9.45. The second kappa shape index (κ2) is 3.88. The minimum atomic E-state index is -5.95.